The quantitative estimate of drug-likeness (QED) is 0.657. The van der Waals surface area contributed by atoms with E-state index in [9.17, 15) is 4.79 Å². The number of carbonyl (C=O) groups is 1. The zero-order chi connectivity index (χ0) is 18.5. The van der Waals surface area contributed by atoms with Crippen LogP contribution in [0.5, 0.6) is 0 Å². The standard InChI is InChI=1S/C21H26N4O/c1-15(2)17-8-5-9-19(12-17)24-21(22)23-13-20(26)25-11-10-16-6-3-4-7-18(16)14-25/h3-9,12,15H,10-11,13-14H2,1-2H3,(H3,22,23,24). The summed E-state index contributed by atoms with van der Waals surface area (Å²) in [5.41, 5.74) is 10.6. The Morgan fingerprint density at radius 2 is 1.96 bits per heavy atom. The van der Waals surface area contributed by atoms with E-state index in [1.54, 1.807) is 0 Å². The summed E-state index contributed by atoms with van der Waals surface area (Å²) in [6.07, 6.45) is 0.890. The average Bonchev–Trinajstić information content (AvgIpc) is 2.66. The molecule has 0 saturated heterocycles. The SMILES string of the molecule is CC(C)c1cccc(NC(N)=NCC(=O)N2CCc3ccccc3C2)c1. The number of anilines is 1. The van der Waals surface area contributed by atoms with Crippen LogP contribution in [0.4, 0.5) is 5.69 Å². The van der Waals surface area contributed by atoms with Crippen LogP contribution in [-0.2, 0) is 17.8 Å². The number of hydrogen-bond donors (Lipinski definition) is 2. The Labute approximate surface area is 154 Å². The molecule has 0 spiro atoms. The molecule has 1 amide bonds. The Morgan fingerprint density at radius 1 is 1.19 bits per heavy atom. The molecule has 2 aromatic rings. The van der Waals surface area contributed by atoms with Gasteiger partial charge in [0.25, 0.3) is 0 Å². The molecule has 26 heavy (non-hydrogen) atoms. The van der Waals surface area contributed by atoms with E-state index in [0.29, 0.717) is 12.5 Å². The number of hydrogen-bond acceptors (Lipinski definition) is 2. The van der Waals surface area contributed by atoms with Crippen LogP contribution in [0.3, 0.4) is 0 Å². The Hall–Kier alpha value is -2.82. The summed E-state index contributed by atoms with van der Waals surface area (Å²) in [4.78, 5) is 18.5. The second-order valence-corrected chi connectivity index (χ2v) is 6.94. The summed E-state index contributed by atoms with van der Waals surface area (Å²) >= 11 is 0. The van der Waals surface area contributed by atoms with Crippen LogP contribution in [-0.4, -0.2) is 29.9 Å². The maximum absolute atomic E-state index is 12.4. The molecule has 1 aliphatic heterocycles. The molecule has 0 bridgehead atoms. The number of fused-ring (bicyclic) bond motifs is 1. The lowest BCUT2D eigenvalue weighted by Crippen LogP contribution is -2.38. The first-order valence-electron chi connectivity index (χ1n) is 9.04. The zero-order valence-electron chi connectivity index (χ0n) is 15.4. The molecule has 2 aromatic carbocycles. The van der Waals surface area contributed by atoms with E-state index >= 15 is 0 Å². The molecule has 0 radical (unpaired) electrons. The predicted octanol–water partition coefficient (Wildman–Crippen LogP) is 3.12. The van der Waals surface area contributed by atoms with Crippen molar-refractivity contribution in [1.82, 2.24) is 4.90 Å². The maximum Gasteiger partial charge on any atom is 0.244 e. The van der Waals surface area contributed by atoms with Gasteiger partial charge in [-0.15, -0.1) is 0 Å². The highest BCUT2D eigenvalue weighted by Gasteiger charge is 2.19. The predicted molar refractivity (Wildman–Crippen MR) is 106 cm³/mol. The normalized spacial score (nSPS) is 14.3. The van der Waals surface area contributed by atoms with Crippen molar-refractivity contribution in [3.05, 3.63) is 65.2 Å². The molecule has 1 heterocycles. The zero-order valence-corrected chi connectivity index (χ0v) is 15.4. The Kier molecular flexibility index (Phi) is 5.56. The minimum Gasteiger partial charge on any atom is -0.370 e. The molecule has 0 unspecified atom stereocenters. The minimum absolute atomic E-state index is 0.000171. The lowest BCUT2D eigenvalue weighted by atomic mass is 10.00. The molecule has 0 fully saturated rings. The fourth-order valence-electron chi connectivity index (χ4n) is 3.12. The third kappa shape index (κ3) is 4.42. The van der Waals surface area contributed by atoms with Crippen molar-refractivity contribution in [1.29, 1.82) is 0 Å². The molecule has 5 heteroatoms. The lowest BCUT2D eigenvalue weighted by molar-refractivity contribution is -0.130. The molecule has 0 saturated carbocycles. The van der Waals surface area contributed by atoms with Crippen LogP contribution in [0.1, 0.15) is 36.5 Å². The molecule has 136 valence electrons. The molecule has 3 N–H and O–H groups in total. The largest absolute Gasteiger partial charge is 0.370 e. The van der Waals surface area contributed by atoms with Crippen molar-refractivity contribution in [2.24, 2.45) is 10.7 Å². The van der Waals surface area contributed by atoms with E-state index in [-0.39, 0.29) is 18.4 Å². The van der Waals surface area contributed by atoms with Gasteiger partial charge in [-0.3, -0.25) is 4.79 Å². The van der Waals surface area contributed by atoms with Crippen LogP contribution >= 0.6 is 0 Å². The van der Waals surface area contributed by atoms with Crippen LogP contribution in [0.25, 0.3) is 0 Å². The molecular formula is C21H26N4O. The van der Waals surface area contributed by atoms with Crippen LogP contribution < -0.4 is 11.1 Å². The lowest BCUT2D eigenvalue weighted by Gasteiger charge is -2.28. The second-order valence-electron chi connectivity index (χ2n) is 6.94. The number of aliphatic imine (C=N–C) groups is 1. The summed E-state index contributed by atoms with van der Waals surface area (Å²) in [5.74, 6) is 0.704. The van der Waals surface area contributed by atoms with E-state index in [1.807, 2.05) is 29.2 Å². The molecule has 0 aliphatic carbocycles. The van der Waals surface area contributed by atoms with Crippen LogP contribution in [0.15, 0.2) is 53.5 Å². The van der Waals surface area contributed by atoms with Gasteiger partial charge in [-0.2, -0.15) is 0 Å². The minimum atomic E-state index is 0.000171. The summed E-state index contributed by atoms with van der Waals surface area (Å²) in [7, 11) is 0. The highest BCUT2D eigenvalue weighted by Crippen LogP contribution is 2.19. The van der Waals surface area contributed by atoms with E-state index in [4.69, 9.17) is 5.73 Å². The molecular weight excluding hydrogens is 324 g/mol. The van der Waals surface area contributed by atoms with Crippen molar-refractivity contribution in [3.8, 4) is 0 Å². The highest BCUT2D eigenvalue weighted by atomic mass is 16.2. The molecule has 3 rings (SSSR count). The number of nitrogens with two attached hydrogens (primary N) is 1. The van der Waals surface area contributed by atoms with Gasteiger partial charge >= 0.3 is 0 Å². The van der Waals surface area contributed by atoms with E-state index in [1.165, 1.54) is 16.7 Å². The van der Waals surface area contributed by atoms with Crippen molar-refractivity contribution < 1.29 is 4.79 Å². The number of amides is 1. The summed E-state index contributed by atoms with van der Waals surface area (Å²) < 4.78 is 0. The van der Waals surface area contributed by atoms with Crippen LogP contribution in [0, 0.1) is 0 Å². The van der Waals surface area contributed by atoms with E-state index < -0.39 is 0 Å². The van der Waals surface area contributed by atoms with Crippen molar-refractivity contribution in [3.63, 3.8) is 0 Å². The number of rotatable bonds is 4. The molecule has 5 nitrogen and oxygen atoms in total. The van der Waals surface area contributed by atoms with Gasteiger partial charge in [0, 0.05) is 18.8 Å². The van der Waals surface area contributed by atoms with Crippen LogP contribution in [0.2, 0.25) is 0 Å². The maximum atomic E-state index is 12.4. The highest BCUT2D eigenvalue weighted by molar-refractivity contribution is 5.94. The Balaban J connectivity index is 1.57. The monoisotopic (exact) mass is 350 g/mol. The van der Waals surface area contributed by atoms with Crippen molar-refractivity contribution >= 4 is 17.6 Å². The summed E-state index contributed by atoms with van der Waals surface area (Å²) in [5, 5.41) is 3.07. The number of benzene rings is 2. The third-order valence-electron chi connectivity index (χ3n) is 4.69. The van der Waals surface area contributed by atoms with E-state index in [0.717, 1.165) is 18.7 Å². The number of guanidine groups is 1. The van der Waals surface area contributed by atoms with Crippen molar-refractivity contribution in [2.75, 3.05) is 18.4 Å². The van der Waals surface area contributed by atoms with Gasteiger partial charge in [0.05, 0.1) is 0 Å². The Morgan fingerprint density at radius 3 is 2.73 bits per heavy atom. The molecule has 0 atom stereocenters. The first-order chi connectivity index (χ1) is 12.5. The van der Waals surface area contributed by atoms with Gasteiger partial charge in [-0.1, -0.05) is 50.2 Å². The Bertz CT molecular complexity index is 813. The molecule has 1 aliphatic rings. The van der Waals surface area contributed by atoms with Crippen molar-refractivity contribution in [2.45, 2.75) is 32.7 Å². The number of carbonyl (C=O) groups excluding carboxylic acids is 1. The van der Waals surface area contributed by atoms with Gasteiger partial charge < -0.3 is 16.0 Å². The number of nitrogens with zero attached hydrogens (tertiary/aromatic N) is 2. The fourth-order valence-corrected chi connectivity index (χ4v) is 3.12. The topological polar surface area (TPSA) is 70.7 Å². The van der Waals surface area contributed by atoms with Gasteiger partial charge in [0.1, 0.15) is 6.54 Å². The third-order valence-corrected chi connectivity index (χ3v) is 4.69. The summed E-state index contributed by atoms with van der Waals surface area (Å²) in [6, 6.07) is 16.3. The van der Waals surface area contributed by atoms with E-state index in [2.05, 4.69) is 48.4 Å². The van der Waals surface area contributed by atoms with Gasteiger partial charge in [0.2, 0.25) is 5.91 Å². The summed E-state index contributed by atoms with van der Waals surface area (Å²) in [6.45, 7) is 5.73. The number of nitrogens with one attached hydrogen (secondary N) is 1. The second kappa shape index (κ2) is 8.04. The first-order valence-corrected chi connectivity index (χ1v) is 9.04. The van der Waals surface area contributed by atoms with Gasteiger partial charge in [0.15, 0.2) is 5.96 Å². The van der Waals surface area contributed by atoms with Gasteiger partial charge in [-0.25, -0.2) is 4.99 Å². The molecule has 0 aromatic heterocycles. The first kappa shape index (κ1) is 18.0. The smallest absolute Gasteiger partial charge is 0.244 e. The average molecular weight is 350 g/mol. The fraction of sp³-hybridized carbons (Fsp3) is 0.333. The van der Waals surface area contributed by atoms with Gasteiger partial charge in [-0.05, 0) is 41.2 Å².